The van der Waals surface area contributed by atoms with Gasteiger partial charge in [0.25, 0.3) is 17.7 Å². The first kappa shape index (κ1) is 22.7. The van der Waals surface area contributed by atoms with Crippen LogP contribution in [0.1, 0.15) is 47.0 Å². The molecule has 0 atom stereocenters. The molecule has 5 rings (SSSR count). The maximum atomic E-state index is 13.4. The van der Waals surface area contributed by atoms with Crippen LogP contribution < -0.4 is 10.2 Å². The van der Waals surface area contributed by atoms with E-state index in [1.807, 2.05) is 42.5 Å². The average molecular weight is 476 g/mol. The quantitative estimate of drug-likeness (QED) is 0.390. The third kappa shape index (κ3) is 4.14. The summed E-state index contributed by atoms with van der Waals surface area (Å²) >= 11 is 0. The number of para-hydroxylation sites is 1. The number of nitrogens with one attached hydrogen (secondary N) is 1. The predicted octanol–water partition coefficient (Wildman–Crippen LogP) is 4.78. The molecule has 7 heteroatoms. The van der Waals surface area contributed by atoms with Gasteiger partial charge in [-0.25, -0.2) is 9.69 Å². The van der Waals surface area contributed by atoms with E-state index in [9.17, 15) is 19.2 Å². The van der Waals surface area contributed by atoms with Crippen molar-refractivity contribution in [1.82, 2.24) is 5.32 Å². The van der Waals surface area contributed by atoms with E-state index in [4.69, 9.17) is 5.11 Å². The minimum atomic E-state index is -1.02. The van der Waals surface area contributed by atoms with Gasteiger partial charge in [0.2, 0.25) is 0 Å². The Kier molecular flexibility index (Phi) is 5.88. The summed E-state index contributed by atoms with van der Waals surface area (Å²) in [5.74, 6) is -2.37. The van der Waals surface area contributed by atoms with Gasteiger partial charge in [0.15, 0.2) is 0 Å². The second-order valence-corrected chi connectivity index (χ2v) is 8.27. The number of anilines is 1. The van der Waals surface area contributed by atoms with Crippen molar-refractivity contribution in [2.24, 2.45) is 0 Å². The number of carboxylic acids is 1. The second-order valence-electron chi connectivity index (χ2n) is 8.27. The zero-order valence-corrected chi connectivity index (χ0v) is 19.0. The summed E-state index contributed by atoms with van der Waals surface area (Å²) in [6, 6.07) is 27.3. The van der Waals surface area contributed by atoms with Gasteiger partial charge in [0.1, 0.15) is 0 Å². The van der Waals surface area contributed by atoms with E-state index in [1.165, 1.54) is 30.3 Å². The molecule has 4 aromatic rings. The molecule has 1 aliphatic heterocycles. The number of hydrogen-bond donors (Lipinski definition) is 2. The van der Waals surface area contributed by atoms with Crippen molar-refractivity contribution >= 4 is 29.4 Å². The monoisotopic (exact) mass is 476 g/mol. The molecule has 2 N–H and O–H groups in total. The number of carboxylic acid groups (broad SMARTS) is 1. The van der Waals surface area contributed by atoms with Gasteiger partial charge in [-0.3, -0.25) is 14.4 Å². The molecule has 0 saturated heterocycles. The van der Waals surface area contributed by atoms with Crippen molar-refractivity contribution in [2.75, 3.05) is 4.90 Å². The van der Waals surface area contributed by atoms with Crippen LogP contribution in [-0.2, 0) is 6.54 Å². The Balaban J connectivity index is 1.38. The molecule has 0 aliphatic carbocycles. The number of imide groups is 1. The van der Waals surface area contributed by atoms with E-state index >= 15 is 0 Å². The molecule has 1 aliphatic rings. The summed E-state index contributed by atoms with van der Waals surface area (Å²) in [4.78, 5) is 51.5. The number of carbonyl (C=O) groups is 4. The molecule has 3 amide bonds. The van der Waals surface area contributed by atoms with Crippen LogP contribution in [0.3, 0.4) is 0 Å². The molecule has 0 saturated carbocycles. The van der Waals surface area contributed by atoms with Crippen LogP contribution in [0.5, 0.6) is 0 Å². The highest BCUT2D eigenvalue weighted by Gasteiger charge is 2.38. The number of aromatic carboxylic acids is 1. The standard InChI is InChI=1S/C29H20N2O5/c32-26(30-17-18-10-12-20(13-11-18)29(35)36)21-14-15-23-24(16-21)28(34)31(27(23)33)25-9-5-4-8-22(25)19-6-2-1-3-7-19/h1-16H,17H2,(H,30,32)(H,35,36). The van der Waals surface area contributed by atoms with Gasteiger partial charge in [-0.05, 0) is 47.5 Å². The number of fused-ring (bicyclic) bond motifs is 1. The number of amides is 3. The van der Waals surface area contributed by atoms with Crippen molar-refractivity contribution in [3.8, 4) is 11.1 Å². The highest BCUT2D eigenvalue weighted by atomic mass is 16.4. The molecule has 0 aromatic heterocycles. The molecule has 0 radical (unpaired) electrons. The zero-order chi connectivity index (χ0) is 25.2. The van der Waals surface area contributed by atoms with Crippen LogP contribution >= 0.6 is 0 Å². The molecule has 0 unspecified atom stereocenters. The molecular weight excluding hydrogens is 456 g/mol. The molecule has 36 heavy (non-hydrogen) atoms. The Labute approximate surface area is 206 Å². The maximum Gasteiger partial charge on any atom is 0.335 e. The highest BCUT2D eigenvalue weighted by molar-refractivity contribution is 6.35. The topological polar surface area (TPSA) is 104 Å². The van der Waals surface area contributed by atoms with Gasteiger partial charge in [-0.1, -0.05) is 60.7 Å². The van der Waals surface area contributed by atoms with E-state index < -0.39 is 23.7 Å². The Hall–Kier alpha value is -5.04. The SMILES string of the molecule is O=C(O)c1ccc(CNC(=O)c2ccc3c(c2)C(=O)N(c2ccccc2-c2ccccc2)C3=O)cc1. The largest absolute Gasteiger partial charge is 0.478 e. The molecule has 1 heterocycles. The van der Waals surface area contributed by atoms with Crippen LogP contribution in [0.25, 0.3) is 11.1 Å². The number of rotatable bonds is 6. The first-order valence-electron chi connectivity index (χ1n) is 11.2. The lowest BCUT2D eigenvalue weighted by atomic mass is 10.0. The van der Waals surface area contributed by atoms with Gasteiger partial charge in [0.05, 0.1) is 22.4 Å². The van der Waals surface area contributed by atoms with Gasteiger partial charge in [-0.15, -0.1) is 0 Å². The van der Waals surface area contributed by atoms with E-state index in [0.717, 1.165) is 21.6 Å². The normalized spacial score (nSPS) is 12.4. The fraction of sp³-hybridized carbons (Fsp3) is 0.0345. The van der Waals surface area contributed by atoms with Crippen LogP contribution in [0, 0.1) is 0 Å². The van der Waals surface area contributed by atoms with E-state index in [2.05, 4.69) is 5.32 Å². The lowest BCUT2D eigenvalue weighted by Crippen LogP contribution is -2.29. The van der Waals surface area contributed by atoms with Gasteiger partial charge < -0.3 is 10.4 Å². The number of carbonyl (C=O) groups excluding carboxylic acids is 3. The van der Waals surface area contributed by atoms with Crippen molar-refractivity contribution in [2.45, 2.75) is 6.54 Å². The van der Waals surface area contributed by atoms with Crippen molar-refractivity contribution < 1.29 is 24.3 Å². The second kappa shape index (κ2) is 9.31. The van der Waals surface area contributed by atoms with Crippen molar-refractivity contribution in [3.63, 3.8) is 0 Å². The molecule has 176 valence electrons. The van der Waals surface area contributed by atoms with Gasteiger partial charge in [-0.2, -0.15) is 0 Å². The van der Waals surface area contributed by atoms with Crippen LogP contribution in [0.2, 0.25) is 0 Å². The van der Waals surface area contributed by atoms with Crippen LogP contribution in [0.4, 0.5) is 5.69 Å². The summed E-state index contributed by atoms with van der Waals surface area (Å²) in [5.41, 5.74) is 3.64. The Bertz CT molecular complexity index is 1510. The summed E-state index contributed by atoms with van der Waals surface area (Å²) in [7, 11) is 0. The Morgan fingerprint density at radius 2 is 1.33 bits per heavy atom. The Morgan fingerprint density at radius 1 is 0.694 bits per heavy atom. The predicted molar refractivity (Wildman–Crippen MR) is 134 cm³/mol. The van der Waals surface area contributed by atoms with Gasteiger partial charge in [0, 0.05) is 17.7 Å². The number of nitrogens with zero attached hydrogens (tertiary/aromatic N) is 1. The third-order valence-electron chi connectivity index (χ3n) is 6.03. The Morgan fingerprint density at radius 3 is 2.06 bits per heavy atom. The number of benzene rings is 4. The smallest absolute Gasteiger partial charge is 0.335 e. The molecule has 0 spiro atoms. The zero-order valence-electron chi connectivity index (χ0n) is 19.0. The fourth-order valence-corrected chi connectivity index (χ4v) is 4.18. The first-order valence-corrected chi connectivity index (χ1v) is 11.2. The van der Waals surface area contributed by atoms with Crippen molar-refractivity contribution in [3.05, 3.63) is 125 Å². The summed E-state index contributed by atoms with van der Waals surface area (Å²) < 4.78 is 0. The number of hydrogen-bond acceptors (Lipinski definition) is 4. The molecular formula is C29H20N2O5. The fourth-order valence-electron chi connectivity index (χ4n) is 4.18. The minimum Gasteiger partial charge on any atom is -0.478 e. The van der Waals surface area contributed by atoms with Crippen LogP contribution in [0.15, 0.2) is 97.1 Å². The molecule has 0 fully saturated rings. The average Bonchev–Trinajstić information content (AvgIpc) is 3.16. The molecule has 0 bridgehead atoms. The maximum absolute atomic E-state index is 13.4. The van der Waals surface area contributed by atoms with Gasteiger partial charge >= 0.3 is 5.97 Å². The molecule has 4 aromatic carbocycles. The van der Waals surface area contributed by atoms with E-state index in [1.54, 1.807) is 24.3 Å². The minimum absolute atomic E-state index is 0.158. The van der Waals surface area contributed by atoms with Crippen molar-refractivity contribution in [1.29, 1.82) is 0 Å². The van der Waals surface area contributed by atoms with Crippen LogP contribution in [-0.4, -0.2) is 28.8 Å². The first-order chi connectivity index (χ1) is 17.4. The van der Waals surface area contributed by atoms with E-state index in [-0.39, 0.29) is 28.8 Å². The summed E-state index contributed by atoms with van der Waals surface area (Å²) in [5, 5.41) is 11.8. The third-order valence-corrected chi connectivity index (χ3v) is 6.03. The van der Waals surface area contributed by atoms with E-state index in [0.29, 0.717) is 5.69 Å². The summed E-state index contributed by atoms with van der Waals surface area (Å²) in [6.07, 6.45) is 0. The molecule has 7 nitrogen and oxygen atoms in total. The summed E-state index contributed by atoms with van der Waals surface area (Å²) in [6.45, 7) is 0.180. The highest BCUT2D eigenvalue weighted by Crippen LogP contribution is 2.36. The lowest BCUT2D eigenvalue weighted by Gasteiger charge is -2.18. The lowest BCUT2D eigenvalue weighted by molar-refractivity contribution is 0.0695.